The molecule has 2 heterocycles. The molecule has 0 aliphatic carbocycles. The molecule has 0 amide bonds. The number of nitrogens with zero attached hydrogens (tertiary/aromatic N) is 2. The fourth-order valence-electron chi connectivity index (χ4n) is 1.63. The van der Waals surface area contributed by atoms with Crippen molar-refractivity contribution >= 4 is 49.3 Å². The van der Waals surface area contributed by atoms with Crippen molar-refractivity contribution in [2.24, 2.45) is 4.99 Å². The van der Waals surface area contributed by atoms with E-state index in [4.69, 9.17) is 0 Å². The van der Waals surface area contributed by atoms with Crippen molar-refractivity contribution in [3.63, 3.8) is 0 Å². The van der Waals surface area contributed by atoms with E-state index in [0.29, 0.717) is 0 Å². The van der Waals surface area contributed by atoms with E-state index >= 15 is 0 Å². The summed E-state index contributed by atoms with van der Waals surface area (Å²) < 4.78 is 2.25. The van der Waals surface area contributed by atoms with Crippen molar-refractivity contribution < 1.29 is 0 Å². The van der Waals surface area contributed by atoms with Crippen LogP contribution in [0, 0.1) is 0 Å². The van der Waals surface area contributed by atoms with Gasteiger partial charge in [0.05, 0.1) is 10.4 Å². The number of halogens is 1. The van der Waals surface area contributed by atoms with Crippen LogP contribution in [0.3, 0.4) is 0 Å². The van der Waals surface area contributed by atoms with Gasteiger partial charge in [-0.05, 0) is 41.8 Å². The van der Waals surface area contributed by atoms with E-state index in [2.05, 4.69) is 32.0 Å². The van der Waals surface area contributed by atoms with Gasteiger partial charge in [0.2, 0.25) is 0 Å². The van der Waals surface area contributed by atoms with Crippen LogP contribution in [0.5, 0.6) is 0 Å². The lowest BCUT2D eigenvalue weighted by atomic mass is 10.3. The normalized spacial score (nSPS) is 11.4. The van der Waals surface area contributed by atoms with Gasteiger partial charge in [-0.2, -0.15) is 0 Å². The summed E-state index contributed by atoms with van der Waals surface area (Å²) in [5.74, 6) is 0. The first-order valence-corrected chi connectivity index (χ1v) is 7.05. The second-order valence-corrected chi connectivity index (χ2v) is 5.83. The van der Waals surface area contributed by atoms with Gasteiger partial charge in [-0.1, -0.05) is 15.9 Å². The average Bonchev–Trinajstić information content (AvgIpc) is 2.81. The van der Waals surface area contributed by atoms with E-state index in [-0.39, 0.29) is 0 Å². The maximum atomic E-state index is 4.46. The zero-order chi connectivity index (χ0) is 12.4. The topological polar surface area (TPSA) is 25.2 Å². The molecule has 0 radical (unpaired) electrons. The lowest BCUT2D eigenvalue weighted by Crippen LogP contribution is -1.71. The zero-order valence-corrected chi connectivity index (χ0v) is 11.8. The Balaban J connectivity index is 1.89. The maximum absolute atomic E-state index is 4.46. The van der Waals surface area contributed by atoms with E-state index in [1.54, 1.807) is 11.3 Å². The maximum Gasteiger partial charge on any atom is 0.0631 e. The van der Waals surface area contributed by atoms with Crippen LogP contribution >= 0.6 is 27.3 Å². The molecule has 0 spiro atoms. The Morgan fingerprint density at radius 3 is 2.78 bits per heavy atom. The third kappa shape index (κ3) is 2.49. The zero-order valence-electron chi connectivity index (χ0n) is 9.38. The molecule has 3 rings (SSSR count). The summed E-state index contributed by atoms with van der Waals surface area (Å²) in [6.45, 7) is 0. The molecular weight excluding hydrogens is 308 g/mol. The highest BCUT2D eigenvalue weighted by Crippen LogP contribution is 2.24. The highest BCUT2D eigenvalue weighted by atomic mass is 79.9. The second kappa shape index (κ2) is 5.00. The van der Waals surface area contributed by atoms with Gasteiger partial charge in [0, 0.05) is 28.0 Å². The molecule has 0 fully saturated rings. The van der Waals surface area contributed by atoms with E-state index in [9.17, 15) is 0 Å². The molecule has 2 aromatic heterocycles. The van der Waals surface area contributed by atoms with Crippen molar-refractivity contribution in [2.45, 2.75) is 0 Å². The van der Waals surface area contributed by atoms with Crippen molar-refractivity contribution in [2.75, 3.05) is 0 Å². The number of benzene rings is 1. The van der Waals surface area contributed by atoms with Crippen molar-refractivity contribution in [3.05, 3.63) is 58.1 Å². The van der Waals surface area contributed by atoms with Gasteiger partial charge < -0.3 is 0 Å². The predicted octanol–water partition coefficient (Wildman–Crippen LogP) is 4.81. The lowest BCUT2D eigenvalue weighted by molar-refractivity contribution is 1.37. The van der Waals surface area contributed by atoms with Gasteiger partial charge in [0.15, 0.2) is 0 Å². The summed E-state index contributed by atoms with van der Waals surface area (Å²) in [5, 5.41) is 1.22. The molecule has 88 valence electrons. The third-order valence-electron chi connectivity index (χ3n) is 2.51. The molecule has 18 heavy (non-hydrogen) atoms. The molecule has 0 saturated heterocycles. The molecule has 1 aromatic carbocycles. The summed E-state index contributed by atoms with van der Waals surface area (Å²) in [7, 11) is 0. The predicted molar refractivity (Wildman–Crippen MR) is 81.0 cm³/mol. The number of hydrogen-bond acceptors (Lipinski definition) is 3. The molecule has 0 aliphatic rings. The first-order chi connectivity index (χ1) is 8.81. The summed E-state index contributed by atoms with van der Waals surface area (Å²) in [4.78, 5) is 9.71. The number of pyridine rings is 1. The summed E-state index contributed by atoms with van der Waals surface area (Å²) in [6.07, 6.45) is 5.59. The Kier molecular flexibility index (Phi) is 3.21. The molecule has 4 heteroatoms. The molecule has 0 unspecified atom stereocenters. The minimum atomic E-state index is 0.953. The Labute approximate surface area is 117 Å². The van der Waals surface area contributed by atoms with Crippen LogP contribution in [0.25, 0.3) is 10.1 Å². The van der Waals surface area contributed by atoms with Gasteiger partial charge in [-0.15, -0.1) is 11.3 Å². The van der Waals surface area contributed by atoms with Crippen LogP contribution in [-0.2, 0) is 0 Å². The molecular formula is C14H9BrN2S. The number of thiophene rings is 1. The van der Waals surface area contributed by atoms with Crippen LogP contribution < -0.4 is 0 Å². The lowest BCUT2D eigenvalue weighted by Gasteiger charge is -1.92. The molecule has 0 atom stereocenters. The van der Waals surface area contributed by atoms with Crippen molar-refractivity contribution in [1.82, 2.24) is 4.98 Å². The van der Waals surface area contributed by atoms with Crippen LogP contribution in [-0.4, -0.2) is 11.2 Å². The molecule has 3 aromatic rings. The Hall–Kier alpha value is -1.52. The Morgan fingerprint density at radius 2 is 2.00 bits per heavy atom. The first-order valence-electron chi connectivity index (χ1n) is 5.44. The van der Waals surface area contributed by atoms with E-state index < -0.39 is 0 Å². The second-order valence-electron chi connectivity index (χ2n) is 3.80. The standard InChI is InChI=1S/C14H9BrN2S/c15-11-1-3-12(4-2-11)17-8-13-7-10-5-6-16-9-14(10)18-13/h1-9H. The van der Waals surface area contributed by atoms with Gasteiger partial charge in [-0.25, -0.2) is 0 Å². The molecule has 0 N–H and O–H groups in total. The minimum Gasteiger partial charge on any atom is -0.263 e. The first kappa shape index (κ1) is 11.6. The highest BCUT2D eigenvalue weighted by molar-refractivity contribution is 9.10. The molecule has 0 saturated carbocycles. The fraction of sp³-hybridized carbons (Fsp3) is 0. The van der Waals surface area contributed by atoms with Gasteiger partial charge in [0.1, 0.15) is 0 Å². The average molecular weight is 317 g/mol. The van der Waals surface area contributed by atoms with Gasteiger partial charge in [0.25, 0.3) is 0 Å². The van der Waals surface area contributed by atoms with Crippen LogP contribution in [0.2, 0.25) is 0 Å². The van der Waals surface area contributed by atoms with E-state index in [1.807, 2.05) is 48.9 Å². The monoisotopic (exact) mass is 316 g/mol. The largest absolute Gasteiger partial charge is 0.263 e. The molecule has 2 nitrogen and oxygen atoms in total. The van der Waals surface area contributed by atoms with E-state index in [1.165, 1.54) is 10.1 Å². The summed E-state index contributed by atoms with van der Waals surface area (Å²) in [6, 6.07) is 12.1. The van der Waals surface area contributed by atoms with Crippen LogP contribution in [0.1, 0.15) is 4.88 Å². The number of aromatic nitrogens is 1. The number of rotatable bonds is 2. The number of fused-ring (bicyclic) bond motifs is 1. The van der Waals surface area contributed by atoms with E-state index in [0.717, 1.165) is 15.0 Å². The Morgan fingerprint density at radius 1 is 1.17 bits per heavy atom. The molecule has 0 bridgehead atoms. The summed E-state index contributed by atoms with van der Waals surface area (Å²) >= 11 is 5.11. The van der Waals surface area contributed by atoms with Gasteiger partial charge >= 0.3 is 0 Å². The fourth-order valence-corrected chi connectivity index (χ4v) is 2.80. The highest BCUT2D eigenvalue weighted by Gasteiger charge is 1.98. The third-order valence-corrected chi connectivity index (χ3v) is 4.06. The Bertz CT molecular complexity index is 668. The van der Waals surface area contributed by atoms with Crippen LogP contribution in [0.15, 0.2) is 58.3 Å². The number of aliphatic imine (C=N–C) groups is 1. The quantitative estimate of drug-likeness (QED) is 0.623. The summed E-state index contributed by atoms with van der Waals surface area (Å²) in [5.41, 5.74) is 0.953. The van der Waals surface area contributed by atoms with Gasteiger partial charge in [-0.3, -0.25) is 9.98 Å². The molecule has 0 aliphatic heterocycles. The van der Waals surface area contributed by atoms with Crippen LogP contribution in [0.4, 0.5) is 5.69 Å². The number of hydrogen-bond donors (Lipinski definition) is 0. The SMILES string of the molecule is Brc1ccc(N=Cc2cc3ccncc3s2)cc1. The smallest absolute Gasteiger partial charge is 0.0631 e. The van der Waals surface area contributed by atoms with Crippen molar-refractivity contribution in [3.8, 4) is 0 Å². The minimum absolute atomic E-state index is 0.953. The van der Waals surface area contributed by atoms with Crippen molar-refractivity contribution in [1.29, 1.82) is 0 Å².